The van der Waals surface area contributed by atoms with E-state index in [1.807, 2.05) is 36.4 Å². The Kier molecular flexibility index (Phi) is 3.22. The van der Waals surface area contributed by atoms with Crippen LogP contribution in [-0.2, 0) is 0 Å². The van der Waals surface area contributed by atoms with Gasteiger partial charge in [0, 0.05) is 9.79 Å². The quantitative estimate of drug-likeness (QED) is 0.657. The predicted octanol–water partition coefficient (Wildman–Crippen LogP) is 4.86. The number of rotatable bonds is 2. The maximum absolute atomic E-state index is 9.10. The van der Waals surface area contributed by atoms with Crippen molar-refractivity contribution in [2.45, 2.75) is 9.79 Å². The molecular weight excluding hydrogens is 250 g/mol. The number of nitrogens with zero attached hydrogens (tertiary/aromatic N) is 1. The van der Waals surface area contributed by atoms with Gasteiger partial charge in [-0.1, -0.05) is 54.2 Å². The molecule has 0 amide bonds. The van der Waals surface area contributed by atoms with Crippen LogP contribution in [-0.4, -0.2) is 0 Å². The van der Waals surface area contributed by atoms with E-state index in [1.54, 1.807) is 11.8 Å². The fourth-order valence-electron chi connectivity index (χ4n) is 2.01. The van der Waals surface area contributed by atoms with Crippen molar-refractivity contribution in [2.24, 2.45) is 0 Å². The molecule has 0 atom stereocenters. The predicted molar refractivity (Wildman–Crippen MR) is 79.2 cm³/mol. The van der Waals surface area contributed by atoms with Gasteiger partial charge < -0.3 is 0 Å². The largest absolute Gasteiger partial charge is 0.192 e. The topological polar surface area (TPSA) is 23.8 Å². The molecule has 0 heterocycles. The number of hydrogen-bond donors (Lipinski definition) is 0. The van der Waals surface area contributed by atoms with Crippen molar-refractivity contribution >= 4 is 22.5 Å². The molecule has 0 aliphatic heterocycles. The molecule has 3 rings (SSSR count). The average Bonchev–Trinajstić information content (AvgIpc) is 2.48. The zero-order valence-corrected chi connectivity index (χ0v) is 11.0. The smallest absolute Gasteiger partial charge is 0.100 e. The van der Waals surface area contributed by atoms with Crippen molar-refractivity contribution in [1.82, 2.24) is 0 Å². The molecule has 1 nitrogen and oxygen atoms in total. The summed E-state index contributed by atoms with van der Waals surface area (Å²) in [4.78, 5) is 2.15. The normalized spacial score (nSPS) is 10.3. The summed E-state index contributed by atoms with van der Waals surface area (Å²) in [5.74, 6) is 0. The van der Waals surface area contributed by atoms with Crippen LogP contribution in [0.2, 0.25) is 0 Å². The van der Waals surface area contributed by atoms with E-state index in [4.69, 9.17) is 5.26 Å². The monoisotopic (exact) mass is 261 g/mol. The third kappa shape index (κ3) is 2.47. The van der Waals surface area contributed by atoms with Gasteiger partial charge in [-0.3, -0.25) is 0 Å². The first-order chi connectivity index (χ1) is 9.36. The molecule has 0 bridgehead atoms. The van der Waals surface area contributed by atoms with Gasteiger partial charge >= 0.3 is 0 Å². The number of fused-ring (bicyclic) bond motifs is 1. The summed E-state index contributed by atoms with van der Waals surface area (Å²) in [7, 11) is 0. The maximum atomic E-state index is 9.10. The summed E-state index contributed by atoms with van der Waals surface area (Å²) >= 11 is 1.63. The first-order valence-corrected chi connectivity index (χ1v) is 6.84. The first-order valence-electron chi connectivity index (χ1n) is 6.02. The molecule has 0 saturated carbocycles. The average molecular weight is 261 g/mol. The van der Waals surface area contributed by atoms with E-state index >= 15 is 0 Å². The molecule has 0 aromatic heterocycles. The molecule has 90 valence electrons. The summed E-state index contributed by atoms with van der Waals surface area (Å²) in [6.07, 6.45) is 0. The van der Waals surface area contributed by atoms with E-state index in [2.05, 4.69) is 36.4 Å². The highest BCUT2D eigenvalue weighted by Crippen LogP contribution is 2.31. The molecule has 19 heavy (non-hydrogen) atoms. The lowest BCUT2D eigenvalue weighted by atomic mass is 10.1. The highest BCUT2D eigenvalue weighted by molar-refractivity contribution is 7.99. The highest BCUT2D eigenvalue weighted by Gasteiger charge is 2.03. The molecular formula is C17H11NS. The molecule has 0 saturated heterocycles. The van der Waals surface area contributed by atoms with E-state index in [9.17, 15) is 0 Å². The molecule has 0 unspecified atom stereocenters. The van der Waals surface area contributed by atoms with E-state index < -0.39 is 0 Å². The fourth-order valence-corrected chi connectivity index (χ4v) is 2.95. The third-order valence-corrected chi connectivity index (χ3v) is 4.02. The lowest BCUT2D eigenvalue weighted by Crippen LogP contribution is -1.80. The fraction of sp³-hybridized carbons (Fsp3) is 0. The van der Waals surface area contributed by atoms with Gasteiger partial charge in [0.15, 0.2) is 0 Å². The SMILES string of the molecule is N#Cc1ccccc1Sc1ccc2ccccc2c1. The Morgan fingerprint density at radius 3 is 2.37 bits per heavy atom. The van der Waals surface area contributed by atoms with Crippen molar-refractivity contribution in [2.75, 3.05) is 0 Å². The second kappa shape index (κ2) is 5.17. The zero-order chi connectivity index (χ0) is 13.1. The molecule has 0 spiro atoms. The van der Waals surface area contributed by atoms with Gasteiger partial charge in [-0.15, -0.1) is 0 Å². The number of benzene rings is 3. The molecule has 0 aliphatic carbocycles. The molecule has 2 heteroatoms. The second-order valence-corrected chi connectivity index (χ2v) is 5.33. The van der Waals surface area contributed by atoms with Crippen molar-refractivity contribution in [3.05, 3.63) is 72.3 Å². The summed E-state index contributed by atoms with van der Waals surface area (Å²) in [5, 5.41) is 11.6. The molecule has 3 aromatic rings. The Balaban J connectivity index is 1.99. The van der Waals surface area contributed by atoms with E-state index in [0.29, 0.717) is 0 Å². The van der Waals surface area contributed by atoms with Gasteiger partial charge in [-0.2, -0.15) is 5.26 Å². The van der Waals surface area contributed by atoms with Crippen molar-refractivity contribution in [1.29, 1.82) is 5.26 Å². The Morgan fingerprint density at radius 2 is 1.53 bits per heavy atom. The maximum Gasteiger partial charge on any atom is 0.100 e. The van der Waals surface area contributed by atoms with Gasteiger partial charge in [0.1, 0.15) is 6.07 Å². The molecule has 0 aliphatic rings. The van der Waals surface area contributed by atoms with Crippen LogP contribution < -0.4 is 0 Å². The number of hydrogen-bond acceptors (Lipinski definition) is 2. The Hall–Kier alpha value is -2.24. The second-order valence-electron chi connectivity index (χ2n) is 4.22. The minimum absolute atomic E-state index is 0.723. The third-order valence-electron chi connectivity index (χ3n) is 2.96. The molecule has 3 aromatic carbocycles. The first kappa shape index (κ1) is 11.8. The van der Waals surface area contributed by atoms with Crippen LogP contribution in [0.4, 0.5) is 0 Å². The van der Waals surface area contributed by atoms with Gasteiger partial charge in [0.05, 0.1) is 5.56 Å². The van der Waals surface area contributed by atoms with Crippen molar-refractivity contribution in [3.8, 4) is 6.07 Å². The lowest BCUT2D eigenvalue weighted by Gasteiger charge is -2.05. The van der Waals surface area contributed by atoms with Gasteiger partial charge in [0.25, 0.3) is 0 Å². The van der Waals surface area contributed by atoms with Crippen molar-refractivity contribution in [3.63, 3.8) is 0 Å². The molecule has 0 radical (unpaired) electrons. The highest BCUT2D eigenvalue weighted by atomic mass is 32.2. The van der Waals surface area contributed by atoms with Crippen LogP contribution in [0.3, 0.4) is 0 Å². The molecule has 0 N–H and O–H groups in total. The van der Waals surface area contributed by atoms with Crippen LogP contribution in [0.5, 0.6) is 0 Å². The van der Waals surface area contributed by atoms with Crippen LogP contribution in [0.1, 0.15) is 5.56 Å². The van der Waals surface area contributed by atoms with Crippen LogP contribution in [0, 0.1) is 11.3 Å². The van der Waals surface area contributed by atoms with Crippen LogP contribution >= 0.6 is 11.8 Å². The Bertz CT molecular complexity index is 771. The van der Waals surface area contributed by atoms with E-state index in [1.165, 1.54) is 10.8 Å². The molecule has 0 fully saturated rings. The summed E-state index contributed by atoms with van der Waals surface area (Å²) in [6.45, 7) is 0. The Morgan fingerprint density at radius 1 is 0.789 bits per heavy atom. The van der Waals surface area contributed by atoms with Crippen LogP contribution in [0.25, 0.3) is 10.8 Å². The minimum atomic E-state index is 0.723. The summed E-state index contributed by atoms with van der Waals surface area (Å²) < 4.78 is 0. The standard InChI is InChI=1S/C17H11NS/c18-12-15-7-3-4-8-17(15)19-16-10-9-13-5-1-2-6-14(13)11-16/h1-11H. The zero-order valence-electron chi connectivity index (χ0n) is 10.2. The van der Waals surface area contributed by atoms with Gasteiger partial charge in [-0.05, 0) is 35.0 Å². The van der Waals surface area contributed by atoms with E-state index in [0.717, 1.165) is 15.4 Å². The van der Waals surface area contributed by atoms with Gasteiger partial charge in [-0.25, -0.2) is 0 Å². The number of nitriles is 1. The summed E-state index contributed by atoms with van der Waals surface area (Å²) in [6, 6.07) is 24.6. The van der Waals surface area contributed by atoms with E-state index in [-0.39, 0.29) is 0 Å². The lowest BCUT2D eigenvalue weighted by molar-refractivity contribution is 1.35. The summed E-state index contributed by atoms with van der Waals surface area (Å²) in [5.41, 5.74) is 0.723. The van der Waals surface area contributed by atoms with Gasteiger partial charge in [0.2, 0.25) is 0 Å². The Labute approximate surface area is 116 Å². The van der Waals surface area contributed by atoms with Crippen molar-refractivity contribution < 1.29 is 0 Å². The van der Waals surface area contributed by atoms with Crippen LogP contribution in [0.15, 0.2) is 76.5 Å². The minimum Gasteiger partial charge on any atom is -0.192 e.